The molecule has 0 fully saturated rings. The van der Waals surface area contributed by atoms with Gasteiger partial charge in [0.15, 0.2) is 5.78 Å². The molecule has 0 amide bonds. The summed E-state index contributed by atoms with van der Waals surface area (Å²) in [4.78, 5) is 15.5. The number of benzene rings is 1. The van der Waals surface area contributed by atoms with Gasteiger partial charge in [0.25, 0.3) is 0 Å². The average Bonchev–Trinajstić information content (AvgIpc) is 2.51. The molecule has 0 saturated heterocycles. The van der Waals surface area contributed by atoms with Gasteiger partial charge in [-0.1, -0.05) is 5.11 Å². The predicted octanol–water partition coefficient (Wildman–Crippen LogP) is 4.26. The van der Waals surface area contributed by atoms with Crippen LogP contribution in [0.3, 0.4) is 0 Å². The molecule has 6 nitrogen and oxygen atoms in total. The van der Waals surface area contributed by atoms with Gasteiger partial charge in [-0.2, -0.15) is 0 Å². The van der Waals surface area contributed by atoms with Crippen molar-refractivity contribution >= 4 is 23.4 Å². The van der Waals surface area contributed by atoms with E-state index in [-0.39, 0.29) is 11.5 Å². The summed E-state index contributed by atoms with van der Waals surface area (Å²) in [6, 6.07) is 7.50. The van der Waals surface area contributed by atoms with Crippen LogP contribution in [0.2, 0.25) is 0 Å². The molecular formula is C15H14N4O2S. The number of rotatable bonds is 4. The highest BCUT2D eigenvalue weighted by Crippen LogP contribution is 2.27. The second-order valence-corrected chi connectivity index (χ2v) is 5.40. The fourth-order valence-corrected chi connectivity index (χ4v) is 2.71. The fraction of sp³-hybridized carbons (Fsp3) is 0.200. The van der Waals surface area contributed by atoms with Crippen molar-refractivity contribution < 1.29 is 9.53 Å². The minimum Gasteiger partial charge on any atom is -0.497 e. The van der Waals surface area contributed by atoms with Crippen LogP contribution in [0.25, 0.3) is 10.4 Å². The third-order valence-corrected chi connectivity index (χ3v) is 3.87. The van der Waals surface area contributed by atoms with Crippen molar-refractivity contribution in [3.8, 4) is 5.75 Å². The first-order valence-electron chi connectivity index (χ1n) is 6.45. The van der Waals surface area contributed by atoms with Gasteiger partial charge in [0.2, 0.25) is 0 Å². The Labute approximate surface area is 132 Å². The number of carbonyl (C=O) groups is 1. The molecular weight excluding hydrogens is 300 g/mol. The van der Waals surface area contributed by atoms with Crippen LogP contribution in [0.4, 0.5) is 0 Å². The molecule has 112 valence electrons. The molecule has 22 heavy (non-hydrogen) atoms. The highest BCUT2D eigenvalue weighted by atomic mass is 32.2. The van der Waals surface area contributed by atoms with E-state index in [0.29, 0.717) is 11.3 Å². The molecule has 0 aromatic heterocycles. The number of nitrogens with zero attached hydrogens (tertiary/aromatic N) is 4. The largest absolute Gasteiger partial charge is 0.497 e. The van der Waals surface area contributed by atoms with E-state index in [1.165, 1.54) is 18.0 Å². The number of ether oxygens (including phenoxy) is 1. The zero-order valence-corrected chi connectivity index (χ0v) is 13.2. The minimum atomic E-state index is -0.291. The smallest absolute Gasteiger partial charge is 0.188 e. The van der Waals surface area contributed by atoms with Gasteiger partial charge < -0.3 is 4.74 Å². The van der Waals surface area contributed by atoms with Gasteiger partial charge in [0, 0.05) is 21.8 Å². The van der Waals surface area contributed by atoms with Crippen LogP contribution in [-0.4, -0.2) is 18.6 Å². The second kappa shape index (κ2) is 6.98. The number of methoxy groups -OCH3 is 1. The van der Waals surface area contributed by atoms with Crippen LogP contribution < -0.4 is 4.74 Å². The first-order valence-corrected chi connectivity index (χ1v) is 7.22. The average molecular weight is 314 g/mol. The van der Waals surface area contributed by atoms with E-state index in [1.807, 2.05) is 31.2 Å². The van der Waals surface area contributed by atoms with Crippen LogP contribution in [0.1, 0.15) is 13.8 Å². The fourth-order valence-electron chi connectivity index (χ4n) is 1.97. The lowest BCUT2D eigenvalue weighted by atomic mass is 9.95. The lowest BCUT2D eigenvalue weighted by molar-refractivity contribution is -0.111. The maximum Gasteiger partial charge on any atom is 0.188 e. The van der Waals surface area contributed by atoms with E-state index in [9.17, 15) is 4.79 Å². The quantitative estimate of drug-likeness (QED) is 0.273. The van der Waals surface area contributed by atoms with E-state index in [2.05, 4.69) is 14.4 Å². The Hall–Kier alpha value is -2.50. The topological polar surface area (TPSA) is 87.4 Å². The Kier molecular flexibility index (Phi) is 5.04. The molecule has 0 radical (unpaired) electrons. The third-order valence-electron chi connectivity index (χ3n) is 3.11. The summed E-state index contributed by atoms with van der Waals surface area (Å²) in [5.74, 6) is 0.485. The summed E-state index contributed by atoms with van der Waals surface area (Å²) in [5.41, 5.74) is 10.6. The Balaban J connectivity index is 2.30. The molecule has 1 aromatic rings. The summed E-state index contributed by atoms with van der Waals surface area (Å²) >= 11 is 1.29. The van der Waals surface area contributed by atoms with Gasteiger partial charge in [0.05, 0.1) is 18.5 Å². The van der Waals surface area contributed by atoms with Crippen molar-refractivity contribution in [2.75, 3.05) is 7.11 Å². The number of hydrogen-bond acceptors (Lipinski definition) is 5. The lowest BCUT2D eigenvalue weighted by Crippen LogP contribution is -2.15. The number of ketones is 1. The van der Waals surface area contributed by atoms with Crippen molar-refractivity contribution in [2.45, 2.75) is 18.7 Å². The van der Waals surface area contributed by atoms with Crippen LogP contribution in [0.5, 0.6) is 5.75 Å². The lowest BCUT2D eigenvalue weighted by Gasteiger charge is -2.14. The van der Waals surface area contributed by atoms with E-state index in [4.69, 9.17) is 10.3 Å². The van der Waals surface area contributed by atoms with Crippen molar-refractivity contribution in [2.24, 2.45) is 9.51 Å². The third kappa shape index (κ3) is 3.39. The molecule has 0 unspecified atom stereocenters. The number of hydrogen-bond donors (Lipinski definition) is 0. The van der Waals surface area contributed by atoms with E-state index in [0.717, 1.165) is 16.2 Å². The molecule has 0 spiro atoms. The van der Waals surface area contributed by atoms with Crippen molar-refractivity contribution in [1.82, 2.24) is 0 Å². The van der Waals surface area contributed by atoms with Crippen molar-refractivity contribution in [1.29, 1.82) is 0 Å². The SMILES string of the molecule is COc1ccc(SN=C2C(C)=CC(=O)C(N=[N+]=[N-])=C2C)cc1. The summed E-state index contributed by atoms with van der Waals surface area (Å²) in [6.07, 6.45) is 1.43. The van der Waals surface area contributed by atoms with E-state index in [1.54, 1.807) is 14.0 Å². The van der Waals surface area contributed by atoms with Gasteiger partial charge in [-0.15, -0.1) is 0 Å². The molecule has 0 heterocycles. The Morgan fingerprint density at radius 3 is 2.50 bits per heavy atom. The molecule has 0 bridgehead atoms. The maximum absolute atomic E-state index is 11.8. The van der Waals surface area contributed by atoms with Gasteiger partial charge in [-0.05, 0) is 60.9 Å². The zero-order valence-electron chi connectivity index (χ0n) is 12.4. The molecule has 0 saturated carbocycles. The summed E-state index contributed by atoms with van der Waals surface area (Å²) < 4.78 is 9.57. The standard InChI is InChI=1S/C15H14N4O2S/c1-9-8-13(20)15(17-19-16)10(2)14(9)18-22-12-6-4-11(21-3)5-7-12/h4-8H,1-3H3. The van der Waals surface area contributed by atoms with Gasteiger partial charge >= 0.3 is 0 Å². The first kappa shape index (κ1) is 15.9. The molecule has 1 aliphatic carbocycles. The normalized spacial score (nSPS) is 16.4. The Morgan fingerprint density at radius 2 is 1.91 bits per heavy atom. The van der Waals surface area contributed by atoms with Crippen LogP contribution in [0, 0.1) is 0 Å². The van der Waals surface area contributed by atoms with Crippen molar-refractivity contribution in [3.63, 3.8) is 0 Å². The van der Waals surface area contributed by atoms with Crippen LogP contribution in [0.15, 0.2) is 61.6 Å². The van der Waals surface area contributed by atoms with Gasteiger partial charge in [0.1, 0.15) is 5.75 Å². The summed E-state index contributed by atoms with van der Waals surface area (Å²) in [5, 5.41) is 3.47. The molecule has 2 rings (SSSR count). The Morgan fingerprint density at radius 1 is 1.23 bits per heavy atom. The van der Waals surface area contributed by atoms with Crippen LogP contribution >= 0.6 is 11.9 Å². The summed E-state index contributed by atoms with van der Waals surface area (Å²) in [6.45, 7) is 3.54. The highest BCUT2D eigenvalue weighted by molar-refractivity contribution is 7.98. The first-order chi connectivity index (χ1) is 10.6. The molecule has 0 aliphatic heterocycles. The van der Waals surface area contributed by atoms with Crippen molar-refractivity contribution in [3.05, 3.63) is 57.6 Å². The van der Waals surface area contributed by atoms with Gasteiger partial charge in [-0.3, -0.25) is 4.79 Å². The van der Waals surface area contributed by atoms with Gasteiger partial charge in [-0.25, -0.2) is 4.40 Å². The monoisotopic (exact) mass is 314 g/mol. The molecule has 1 aliphatic rings. The minimum absolute atomic E-state index is 0.0992. The molecule has 0 N–H and O–H groups in total. The molecule has 0 atom stereocenters. The molecule has 7 heteroatoms. The van der Waals surface area contributed by atoms with Crippen LogP contribution in [-0.2, 0) is 4.79 Å². The number of azide groups is 1. The van der Waals surface area contributed by atoms with E-state index < -0.39 is 0 Å². The number of carbonyl (C=O) groups excluding carboxylic acids is 1. The van der Waals surface area contributed by atoms with E-state index >= 15 is 0 Å². The molecule has 1 aromatic carbocycles. The highest BCUT2D eigenvalue weighted by Gasteiger charge is 2.21. The number of allylic oxidation sites excluding steroid dienone is 3. The second-order valence-electron chi connectivity index (χ2n) is 4.56. The summed E-state index contributed by atoms with van der Waals surface area (Å²) in [7, 11) is 1.61. The zero-order chi connectivity index (χ0) is 16.1. The Bertz CT molecular complexity index is 741. The maximum atomic E-state index is 11.8. The predicted molar refractivity (Wildman–Crippen MR) is 86.9 cm³/mol.